The zero-order valence-electron chi connectivity index (χ0n) is 14.3. The number of amides is 1. The fourth-order valence-corrected chi connectivity index (χ4v) is 2.62. The van der Waals surface area contributed by atoms with Crippen LogP contribution in [0.1, 0.15) is 39.2 Å². The first kappa shape index (κ1) is 18.4. The summed E-state index contributed by atoms with van der Waals surface area (Å²) >= 11 is 0. The summed E-state index contributed by atoms with van der Waals surface area (Å²) in [5.74, 6) is -1.16. The Kier molecular flexibility index (Phi) is 5.26. The third-order valence-corrected chi connectivity index (χ3v) is 4.02. The van der Waals surface area contributed by atoms with E-state index in [0.29, 0.717) is 0 Å². The van der Waals surface area contributed by atoms with Crippen molar-refractivity contribution in [1.29, 1.82) is 0 Å². The first-order valence-electron chi connectivity index (χ1n) is 8.04. The molecule has 0 radical (unpaired) electrons. The molecule has 0 saturated carbocycles. The molecule has 6 heteroatoms. The Morgan fingerprint density at radius 1 is 1.21 bits per heavy atom. The molecular weight excluding hydrogens is 316 g/mol. The number of Topliss-reactive ketones (excluding diaryl/α,β-unsaturated/α-hetero) is 1. The van der Waals surface area contributed by atoms with Gasteiger partial charge in [0.15, 0.2) is 11.5 Å². The molecule has 0 atom stereocenters. The van der Waals surface area contributed by atoms with Gasteiger partial charge in [0, 0.05) is 32.4 Å². The summed E-state index contributed by atoms with van der Waals surface area (Å²) in [4.78, 5) is 25.6. The quantitative estimate of drug-likeness (QED) is 0.844. The molecule has 2 rings (SSSR count). The van der Waals surface area contributed by atoms with E-state index in [9.17, 15) is 18.4 Å². The number of alkyl halides is 1. The molecule has 1 aromatic carbocycles. The van der Waals surface area contributed by atoms with Gasteiger partial charge in [-0.25, -0.2) is 13.6 Å². The predicted octanol–water partition coefficient (Wildman–Crippen LogP) is 3.68. The Hall–Kier alpha value is -1.98. The molecule has 1 heterocycles. The van der Waals surface area contributed by atoms with Gasteiger partial charge in [0.25, 0.3) is 0 Å². The van der Waals surface area contributed by atoms with Gasteiger partial charge in [-0.1, -0.05) is 18.2 Å². The number of hydrogen-bond acceptors (Lipinski definition) is 3. The molecule has 1 aliphatic rings. The van der Waals surface area contributed by atoms with Crippen molar-refractivity contribution in [1.82, 2.24) is 4.90 Å². The molecule has 4 nitrogen and oxygen atoms in total. The minimum Gasteiger partial charge on any atom is -0.444 e. The van der Waals surface area contributed by atoms with Crippen LogP contribution in [0.5, 0.6) is 0 Å². The SMILES string of the molecule is CC(C)(C)OC(=O)N1CCC(F)(C(=O)Cc2ccccc2F)CC1. The second-order valence-electron chi connectivity index (χ2n) is 7.12. The van der Waals surface area contributed by atoms with E-state index in [4.69, 9.17) is 4.74 Å². The summed E-state index contributed by atoms with van der Waals surface area (Å²) in [5, 5.41) is 0. The number of ketones is 1. The number of rotatable bonds is 3. The topological polar surface area (TPSA) is 46.6 Å². The van der Waals surface area contributed by atoms with E-state index in [2.05, 4.69) is 0 Å². The molecule has 0 unspecified atom stereocenters. The smallest absolute Gasteiger partial charge is 0.410 e. The molecule has 132 valence electrons. The van der Waals surface area contributed by atoms with Crippen LogP contribution in [0.2, 0.25) is 0 Å². The Bertz CT molecular complexity index is 617. The summed E-state index contributed by atoms with van der Waals surface area (Å²) in [5.41, 5.74) is -2.46. The third-order valence-electron chi connectivity index (χ3n) is 4.02. The summed E-state index contributed by atoms with van der Waals surface area (Å²) < 4.78 is 33.8. The van der Waals surface area contributed by atoms with Crippen LogP contribution in [0.25, 0.3) is 0 Å². The van der Waals surface area contributed by atoms with Crippen molar-refractivity contribution in [2.24, 2.45) is 0 Å². The minimum absolute atomic E-state index is 0.0977. The van der Waals surface area contributed by atoms with Crippen molar-refractivity contribution in [3.63, 3.8) is 0 Å². The number of ether oxygens (including phenoxy) is 1. The van der Waals surface area contributed by atoms with E-state index in [0.717, 1.165) is 0 Å². The van der Waals surface area contributed by atoms with E-state index >= 15 is 0 Å². The molecule has 1 aliphatic heterocycles. The molecule has 24 heavy (non-hydrogen) atoms. The highest BCUT2D eigenvalue weighted by atomic mass is 19.1. The van der Waals surface area contributed by atoms with Crippen LogP contribution in [0.4, 0.5) is 13.6 Å². The molecule has 0 aromatic heterocycles. The molecule has 0 N–H and O–H groups in total. The Morgan fingerprint density at radius 3 is 2.33 bits per heavy atom. The lowest BCUT2D eigenvalue weighted by atomic mass is 9.86. The maximum Gasteiger partial charge on any atom is 0.410 e. The maximum atomic E-state index is 14.9. The van der Waals surface area contributed by atoms with E-state index in [-0.39, 0.29) is 37.9 Å². The van der Waals surface area contributed by atoms with Crippen molar-refractivity contribution in [3.8, 4) is 0 Å². The molecule has 1 saturated heterocycles. The highest BCUT2D eigenvalue weighted by Gasteiger charge is 2.42. The zero-order chi connectivity index (χ0) is 18.0. The van der Waals surface area contributed by atoms with Crippen LogP contribution in [0.3, 0.4) is 0 Å². The largest absolute Gasteiger partial charge is 0.444 e. The van der Waals surface area contributed by atoms with Gasteiger partial charge < -0.3 is 9.64 Å². The van der Waals surface area contributed by atoms with Crippen molar-refractivity contribution in [3.05, 3.63) is 35.6 Å². The second-order valence-corrected chi connectivity index (χ2v) is 7.12. The lowest BCUT2D eigenvalue weighted by Crippen LogP contribution is -2.49. The minimum atomic E-state index is -2.03. The molecule has 1 aromatic rings. The van der Waals surface area contributed by atoms with Gasteiger partial charge in [0.2, 0.25) is 0 Å². The molecular formula is C18H23F2NO3. The average molecular weight is 339 g/mol. The molecule has 1 fully saturated rings. The first-order chi connectivity index (χ1) is 11.1. The number of piperidine rings is 1. The highest BCUT2D eigenvalue weighted by molar-refractivity contribution is 5.89. The predicted molar refractivity (Wildman–Crippen MR) is 86.0 cm³/mol. The third kappa shape index (κ3) is 4.52. The number of halogens is 2. The van der Waals surface area contributed by atoms with Gasteiger partial charge in [-0.2, -0.15) is 0 Å². The number of hydrogen-bond donors (Lipinski definition) is 0. The summed E-state index contributed by atoms with van der Waals surface area (Å²) in [6.45, 7) is 5.48. The Morgan fingerprint density at radius 2 is 1.79 bits per heavy atom. The summed E-state index contributed by atoms with van der Waals surface area (Å²) in [6, 6.07) is 5.86. The van der Waals surface area contributed by atoms with Crippen molar-refractivity contribution in [2.45, 2.75) is 51.3 Å². The summed E-state index contributed by atoms with van der Waals surface area (Å²) in [6.07, 6.45) is -0.986. The molecule has 0 bridgehead atoms. The fourth-order valence-electron chi connectivity index (χ4n) is 2.62. The van der Waals surface area contributed by atoms with Crippen LogP contribution in [0, 0.1) is 5.82 Å². The number of likely N-dealkylation sites (tertiary alicyclic amines) is 1. The second kappa shape index (κ2) is 6.87. The average Bonchev–Trinajstić information content (AvgIpc) is 2.48. The van der Waals surface area contributed by atoms with E-state index in [1.807, 2.05) is 0 Å². The fraction of sp³-hybridized carbons (Fsp3) is 0.556. The standard InChI is InChI=1S/C18H23F2NO3/c1-17(2,3)24-16(23)21-10-8-18(20,9-11-21)15(22)12-13-6-4-5-7-14(13)19/h4-7H,8-12H2,1-3H3. The Balaban J connectivity index is 1.95. The molecule has 0 aliphatic carbocycles. The maximum absolute atomic E-state index is 14.9. The van der Waals surface area contributed by atoms with E-state index < -0.39 is 29.0 Å². The van der Waals surface area contributed by atoms with Gasteiger partial charge in [-0.15, -0.1) is 0 Å². The molecule has 0 spiro atoms. The summed E-state index contributed by atoms with van der Waals surface area (Å²) in [7, 11) is 0. The number of carbonyl (C=O) groups is 2. The zero-order valence-corrected chi connectivity index (χ0v) is 14.3. The normalized spacial score (nSPS) is 17.5. The van der Waals surface area contributed by atoms with Crippen molar-refractivity contribution >= 4 is 11.9 Å². The van der Waals surface area contributed by atoms with Crippen LogP contribution in [-0.4, -0.2) is 41.1 Å². The highest BCUT2D eigenvalue weighted by Crippen LogP contribution is 2.30. The van der Waals surface area contributed by atoms with E-state index in [1.54, 1.807) is 26.8 Å². The van der Waals surface area contributed by atoms with Crippen LogP contribution in [-0.2, 0) is 16.0 Å². The van der Waals surface area contributed by atoms with Gasteiger partial charge >= 0.3 is 6.09 Å². The van der Waals surface area contributed by atoms with Crippen molar-refractivity contribution in [2.75, 3.05) is 13.1 Å². The number of nitrogens with zero attached hydrogens (tertiary/aromatic N) is 1. The molecule has 1 amide bonds. The van der Waals surface area contributed by atoms with Crippen LogP contribution >= 0.6 is 0 Å². The van der Waals surface area contributed by atoms with Crippen molar-refractivity contribution < 1.29 is 23.1 Å². The Labute approximate surface area is 140 Å². The van der Waals surface area contributed by atoms with E-state index in [1.165, 1.54) is 23.1 Å². The van der Waals surface area contributed by atoms with Gasteiger partial charge in [0.1, 0.15) is 11.4 Å². The van der Waals surface area contributed by atoms with Gasteiger partial charge in [-0.05, 0) is 32.4 Å². The lowest BCUT2D eigenvalue weighted by molar-refractivity contribution is -0.133. The first-order valence-corrected chi connectivity index (χ1v) is 8.04. The van der Waals surface area contributed by atoms with Crippen LogP contribution in [0.15, 0.2) is 24.3 Å². The van der Waals surface area contributed by atoms with Gasteiger partial charge in [-0.3, -0.25) is 4.79 Å². The monoisotopic (exact) mass is 339 g/mol. The van der Waals surface area contributed by atoms with Gasteiger partial charge in [0.05, 0.1) is 0 Å². The van der Waals surface area contributed by atoms with Crippen LogP contribution < -0.4 is 0 Å². The lowest BCUT2D eigenvalue weighted by Gasteiger charge is -2.36. The number of benzene rings is 1. The number of carbonyl (C=O) groups excluding carboxylic acids is 2.